The van der Waals surface area contributed by atoms with Gasteiger partial charge in [-0.15, -0.1) is 10.2 Å². The Labute approximate surface area is 93.8 Å². The molecule has 0 aromatic carbocycles. The van der Waals surface area contributed by atoms with E-state index in [-0.39, 0.29) is 11.8 Å². The van der Waals surface area contributed by atoms with Crippen LogP contribution < -0.4 is 0 Å². The molecule has 5 nitrogen and oxygen atoms in total. The maximum absolute atomic E-state index is 11.2. The van der Waals surface area contributed by atoms with Crippen LogP contribution in [0.1, 0.15) is 31.5 Å². The highest BCUT2D eigenvalue weighted by atomic mass is 16.4. The number of carbonyl (C=O) groups is 1. The van der Waals surface area contributed by atoms with Crippen molar-refractivity contribution >= 4 is 5.97 Å². The van der Waals surface area contributed by atoms with E-state index in [0.717, 1.165) is 18.8 Å². The lowest BCUT2D eigenvalue weighted by Gasteiger charge is -2.24. The molecule has 0 amide bonds. The highest BCUT2D eigenvalue weighted by molar-refractivity contribution is 5.71. The summed E-state index contributed by atoms with van der Waals surface area (Å²) in [5.74, 6) is -0.385. The van der Waals surface area contributed by atoms with Gasteiger partial charge >= 0.3 is 5.97 Å². The summed E-state index contributed by atoms with van der Waals surface area (Å²) in [5.41, 5.74) is 0. The highest BCUT2D eigenvalue weighted by Crippen LogP contribution is 2.33. The van der Waals surface area contributed by atoms with Gasteiger partial charge in [-0.25, -0.2) is 0 Å². The summed E-state index contributed by atoms with van der Waals surface area (Å²) in [5, 5.41) is 17.1. The summed E-state index contributed by atoms with van der Waals surface area (Å²) in [4.78, 5) is 11.2. The first-order chi connectivity index (χ1) is 7.74. The Morgan fingerprint density at radius 3 is 3.00 bits per heavy atom. The van der Waals surface area contributed by atoms with Crippen LogP contribution in [0.4, 0.5) is 0 Å². The van der Waals surface area contributed by atoms with Crippen LogP contribution in [0.2, 0.25) is 0 Å². The molecule has 2 atom stereocenters. The second kappa shape index (κ2) is 4.47. The van der Waals surface area contributed by atoms with Crippen LogP contribution >= 0.6 is 0 Å². The molecule has 0 saturated carbocycles. The molecule has 0 aliphatic heterocycles. The summed E-state index contributed by atoms with van der Waals surface area (Å²) in [7, 11) is 0. The molecule has 1 aliphatic rings. The maximum atomic E-state index is 11.2. The summed E-state index contributed by atoms with van der Waals surface area (Å²) < 4.78 is 1.92. The Bertz CT molecular complexity index is 411. The minimum Gasteiger partial charge on any atom is -0.481 e. The number of carboxylic acids is 1. The van der Waals surface area contributed by atoms with Crippen LogP contribution in [-0.2, 0) is 11.3 Å². The van der Waals surface area contributed by atoms with Gasteiger partial charge in [-0.2, -0.15) is 0 Å². The molecule has 1 aromatic rings. The number of aromatic nitrogens is 3. The van der Waals surface area contributed by atoms with Crippen molar-refractivity contribution in [1.82, 2.24) is 14.8 Å². The van der Waals surface area contributed by atoms with Gasteiger partial charge in [0.1, 0.15) is 12.2 Å². The molecular weight excluding hydrogens is 206 g/mol. The number of aliphatic carboxylic acids is 1. The average molecular weight is 221 g/mol. The van der Waals surface area contributed by atoms with E-state index in [1.54, 1.807) is 6.33 Å². The number of nitrogens with zero attached hydrogens (tertiary/aromatic N) is 3. The largest absolute Gasteiger partial charge is 0.481 e. The third-order valence-electron chi connectivity index (χ3n) is 3.07. The second-order valence-electron chi connectivity index (χ2n) is 3.97. The van der Waals surface area contributed by atoms with Gasteiger partial charge in [0.25, 0.3) is 0 Å². The molecule has 0 spiro atoms. The van der Waals surface area contributed by atoms with E-state index >= 15 is 0 Å². The lowest BCUT2D eigenvalue weighted by molar-refractivity contribution is -0.142. The van der Waals surface area contributed by atoms with Crippen LogP contribution in [0.5, 0.6) is 0 Å². The number of hydrogen-bond acceptors (Lipinski definition) is 3. The smallest absolute Gasteiger partial charge is 0.307 e. The van der Waals surface area contributed by atoms with Gasteiger partial charge in [-0.1, -0.05) is 12.2 Å². The summed E-state index contributed by atoms with van der Waals surface area (Å²) in [6.07, 6.45) is 6.93. The number of rotatable bonds is 3. The highest BCUT2D eigenvalue weighted by Gasteiger charge is 2.32. The van der Waals surface area contributed by atoms with Crippen molar-refractivity contribution in [3.63, 3.8) is 0 Å². The molecule has 16 heavy (non-hydrogen) atoms. The zero-order valence-electron chi connectivity index (χ0n) is 9.21. The molecule has 1 aromatic heterocycles. The Morgan fingerprint density at radius 1 is 1.56 bits per heavy atom. The van der Waals surface area contributed by atoms with E-state index in [4.69, 9.17) is 0 Å². The standard InChI is InChI=1S/C11H15N3O2/c1-2-14-7-12-13-10(14)8-5-3-4-6-9(8)11(15)16/h3-4,7-9H,2,5-6H2,1H3,(H,15,16)/t8-,9+/m1/s1. The molecular formula is C11H15N3O2. The minimum atomic E-state index is -0.750. The summed E-state index contributed by atoms with van der Waals surface area (Å²) >= 11 is 0. The average Bonchev–Trinajstić information content (AvgIpc) is 2.76. The van der Waals surface area contributed by atoms with E-state index in [2.05, 4.69) is 10.2 Å². The van der Waals surface area contributed by atoms with Crippen molar-refractivity contribution in [3.8, 4) is 0 Å². The van der Waals surface area contributed by atoms with Crippen molar-refractivity contribution in [2.75, 3.05) is 0 Å². The van der Waals surface area contributed by atoms with Gasteiger partial charge in [0.05, 0.1) is 5.92 Å². The van der Waals surface area contributed by atoms with Crippen molar-refractivity contribution in [3.05, 3.63) is 24.3 Å². The number of aryl methyl sites for hydroxylation is 1. The Balaban J connectivity index is 2.31. The predicted molar refractivity (Wildman–Crippen MR) is 57.9 cm³/mol. The number of carboxylic acid groups (broad SMARTS) is 1. The fraction of sp³-hybridized carbons (Fsp3) is 0.545. The molecule has 2 rings (SSSR count). The van der Waals surface area contributed by atoms with E-state index < -0.39 is 5.97 Å². The fourth-order valence-corrected chi connectivity index (χ4v) is 2.17. The zero-order chi connectivity index (χ0) is 11.5. The third-order valence-corrected chi connectivity index (χ3v) is 3.07. The molecule has 0 fully saturated rings. The Hall–Kier alpha value is -1.65. The van der Waals surface area contributed by atoms with E-state index in [9.17, 15) is 9.90 Å². The van der Waals surface area contributed by atoms with Crippen LogP contribution in [0.25, 0.3) is 0 Å². The quantitative estimate of drug-likeness (QED) is 0.784. The zero-order valence-corrected chi connectivity index (χ0v) is 9.21. The third kappa shape index (κ3) is 1.85. The van der Waals surface area contributed by atoms with Gasteiger partial charge in [0.2, 0.25) is 0 Å². The van der Waals surface area contributed by atoms with Gasteiger partial charge < -0.3 is 9.67 Å². The lowest BCUT2D eigenvalue weighted by atomic mass is 9.82. The minimum absolute atomic E-state index is 0.0510. The molecule has 0 radical (unpaired) electrons. The molecule has 1 aliphatic carbocycles. The maximum Gasteiger partial charge on any atom is 0.307 e. The van der Waals surface area contributed by atoms with E-state index in [1.807, 2.05) is 23.6 Å². The van der Waals surface area contributed by atoms with Crippen molar-refractivity contribution < 1.29 is 9.90 Å². The monoisotopic (exact) mass is 221 g/mol. The SMILES string of the molecule is CCn1cnnc1[C@@H]1CC=CC[C@@H]1C(=O)O. The van der Waals surface area contributed by atoms with Gasteiger partial charge in [0, 0.05) is 12.5 Å². The summed E-state index contributed by atoms with van der Waals surface area (Å²) in [6.45, 7) is 2.77. The summed E-state index contributed by atoms with van der Waals surface area (Å²) in [6, 6.07) is 0. The Kier molecular flexibility index (Phi) is 3.03. The first-order valence-electron chi connectivity index (χ1n) is 5.49. The van der Waals surface area contributed by atoms with Crippen molar-refractivity contribution in [2.45, 2.75) is 32.2 Å². The van der Waals surface area contributed by atoms with Crippen LogP contribution in [0.15, 0.2) is 18.5 Å². The lowest BCUT2D eigenvalue weighted by Crippen LogP contribution is -2.25. The molecule has 1 N–H and O–H groups in total. The molecule has 0 saturated heterocycles. The van der Waals surface area contributed by atoms with Crippen molar-refractivity contribution in [1.29, 1.82) is 0 Å². The Morgan fingerprint density at radius 2 is 2.31 bits per heavy atom. The molecule has 0 unspecified atom stereocenters. The molecule has 5 heteroatoms. The van der Waals surface area contributed by atoms with Gasteiger partial charge in [-0.05, 0) is 19.8 Å². The molecule has 0 bridgehead atoms. The van der Waals surface area contributed by atoms with Gasteiger partial charge in [-0.3, -0.25) is 4.79 Å². The fourth-order valence-electron chi connectivity index (χ4n) is 2.17. The molecule has 86 valence electrons. The van der Waals surface area contributed by atoms with Crippen molar-refractivity contribution in [2.24, 2.45) is 5.92 Å². The predicted octanol–water partition coefficient (Wildman–Crippen LogP) is 1.43. The van der Waals surface area contributed by atoms with Crippen LogP contribution in [0.3, 0.4) is 0 Å². The second-order valence-corrected chi connectivity index (χ2v) is 3.97. The first-order valence-corrected chi connectivity index (χ1v) is 5.49. The van der Waals surface area contributed by atoms with Crippen LogP contribution in [0, 0.1) is 5.92 Å². The number of hydrogen-bond donors (Lipinski definition) is 1. The normalized spacial score (nSPS) is 24.6. The van der Waals surface area contributed by atoms with Crippen LogP contribution in [-0.4, -0.2) is 25.8 Å². The van der Waals surface area contributed by atoms with E-state index in [1.165, 1.54) is 0 Å². The molecule has 1 heterocycles. The van der Waals surface area contributed by atoms with Gasteiger partial charge in [0.15, 0.2) is 0 Å². The number of allylic oxidation sites excluding steroid dienone is 2. The first kappa shape index (κ1) is 10.9. The van der Waals surface area contributed by atoms with E-state index in [0.29, 0.717) is 6.42 Å². The topological polar surface area (TPSA) is 68.0 Å².